The van der Waals surface area contributed by atoms with Gasteiger partial charge in [0, 0.05) is 13.5 Å². The number of nitrogens with one attached hydrogen (secondary N) is 2. The summed E-state index contributed by atoms with van der Waals surface area (Å²) in [6.45, 7) is 5.18. The van der Waals surface area contributed by atoms with Crippen molar-refractivity contribution in [3.63, 3.8) is 0 Å². The van der Waals surface area contributed by atoms with E-state index in [2.05, 4.69) is 10.0 Å². The van der Waals surface area contributed by atoms with Crippen molar-refractivity contribution in [1.82, 2.24) is 10.0 Å². The van der Waals surface area contributed by atoms with Crippen molar-refractivity contribution in [2.24, 2.45) is 0 Å². The number of benzene rings is 2. The number of rotatable bonds is 6. The number of carbonyl (C=O) groups is 1. The zero-order valence-electron chi connectivity index (χ0n) is 14.0. The molecule has 2 N–H and O–H groups in total. The van der Waals surface area contributed by atoms with E-state index in [1.165, 1.54) is 6.92 Å². The molecule has 128 valence electrons. The fourth-order valence-electron chi connectivity index (χ4n) is 2.55. The van der Waals surface area contributed by atoms with Gasteiger partial charge >= 0.3 is 0 Å². The van der Waals surface area contributed by atoms with Crippen LogP contribution in [0.2, 0.25) is 0 Å². The van der Waals surface area contributed by atoms with Gasteiger partial charge in [0.2, 0.25) is 15.9 Å². The van der Waals surface area contributed by atoms with E-state index in [9.17, 15) is 13.2 Å². The van der Waals surface area contributed by atoms with Gasteiger partial charge in [-0.25, -0.2) is 13.1 Å². The maximum Gasteiger partial charge on any atom is 0.240 e. The molecule has 2 rings (SSSR count). The Morgan fingerprint density at radius 2 is 1.75 bits per heavy atom. The van der Waals surface area contributed by atoms with Gasteiger partial charge in [-0.3, -0.25) is 4.79 Å². The molecule has 0 aliphatic carbocycles. The highest BCUT2D eigenvalue weighted by Crippen LogP contribution is 2.18. The second-order valence-electron chi connectivity index (χ2n) is 5.78. The zero-order chi connectivity index (χ0) is 17.7. The summed E-state index contributed by atoms with van der Waals surface area (Å²) in [6, 6.07) is 14.0. The Hall–Kier alpha value is -2.18. The summed E-state index contributed by atoms with van der Waals surface area (Å²) in [5.74, 6) is -0.213. The van der Waals surface area contributed by atoms with Crippen molar-refractivity contribution < 1.29 is 13.2 Å². The summed E-state index contributed by atoms with van der Waals surface area (Å²) in [7, 11) is -3.65. The highest BCUT2D eigenvalue weighted by Gasteiger charge is 2.20. The largest absolute Gasteiger partial charge is 0.348 e. The van der Waals surface area contributed by atoms with Crippen LogP contribution in [0.1, 0.15) is 29.7 Å². The normalized spacial score (nSPS) is 12.6. The van der Waals surface area contributed by atoms with E-state index in [1.54, 1.807) is 19.1 Å². The fraction of sp³-hybridized carbons (Fsp3) is 0.278. The number of carbonyl (C=O) groups excluding carboxylic acids is 1. The monoisotopic (exact) mass is 346 g/mol. The Morgan fingerprint density at radius 1 is 1.08 bits per heavy atom. The van der Waals surface area contributed by atoms with Gasteiger partial charge in [-0.1, -0.05) is 48.0 Å². The smallest absolute Gasteiger partial charge is 0.240 e. The van der Waals surface area contributed by atoms with Crippen molar-refractivity contribution in [3.05, 3.63) is 65.2 Å². The fourth-order valence-corrected chi connectivity index (χ4v) is 3.83. The van der Waals surface area contributed by atoms with E-state index < -0.39 is 16.1 Å². The topological polar surface area (TPSA) is 75.3 Å². The molecule has 2 aromatic rings. The molecule has 0 saturated heterocycles. The van der Waals surface area contributed by atoms with E-state index in [1.807, 2.05) is 43.3 Å². The quantitative estimate of drug-likeness (QED) is 0.844. The lowest BCUT2D eigenvalue weighted by atomic mass is 10.1. The predicted molar refractivity (Wildman–Crippen MR) is 94.1 cm³/mol. The SMILES string of the molecule is CC(=O)NC(CNS(=O)(=O)c1ccc(C)cc1C)c1ccccc1. The van der Waals surface area contributed by atoms with Crippen LogP contribution in [0.5, 0.6) is 0 Å². The standard InChI is InChI=1S/C18H22N2O3S/c1-13-9-10-18(14(2)11-13)24(22,23)19-12-17(20-15(3)21)16-7-5-4-6-8-16/h4-11,17,19H,12H2,1-3H3,(H,20,21). The third kappa shape index (κ3) is 4.66. The van der Waals surface area contributed by atoms with Crippen LogP contribution >= 0.6 is 0 Å². The van der Waals surface area contributed by atoms with E-state index in [0.29, 0.717) is 5.56 Å². The van der Waals surface area contributed by atoms with Crippen molar-refractivity contribution in [2.75, 3.05) is 6.54 Å². The van der Waals surface area contributed by atoms with Crippen LogP contribution in [-0.2, 0) is 14.8 Å². The lowest BCUT2D eigenvalue weighted by Gasteiger charge is -2.19. The summed E-state index contributed by atoms with van der Waals surface area (Å²) in [4.78, 5) is 11.7. The maximum atomic E-state index is 12.6. The zero-order valence-corrected chi connectivity index (χ0v) is 14.9. The molecule has 1 amide bonds. The summed E-state index contributed by atoms with van der Waals surface area (Å²) in [5, 5.41) is 2.78. The first kappa shape index (κ1) is 18.2. The highest BCUT2D eigenvalue weighted by atomic mass is 32.2. The molecule has 24 heavy (non-hydrogen) atoms. The highest BCUT2D eigenvalue weighted by molar-refractivity contribution is 7.89. The molecule has 5 nitrogen and oxygen atoms in total. The van der Waals surface area contributed by atoms with E-state index in [0.717, 1.165) is 11.1 Å². The molecule has 0 aliphatic heterocycles. The van der Waals surface area contributed by atoms with Gasteiger partial charge in [-0.2, -0.15) is 0 Å². The molecule has 0 aliphatic rings. The first-order valence-corrected chi connectivity index (χ1v) is 9.17. The van der Waals surface area contributed by atoms with Crippen LogP contribution in [0.15, 0.2) is 53.4 Å². The first-order valence-electron chi connectivity index (χ1n) is 7.68. The summed E-state index contributed by atoms with van der Waals surface area (Å²) in [6.07, 6.45) is 0. The van der Waals surface area contributed by atoms with Crippen LogP contribution in [0.3, 0.4) is 0 Å². The van der Waals surface area contributed by atoms with Gasteiger partial charge in [0.1, 0.15) is 0 Å². The molecule has 0 aromatic heterocycles. The maximum absolute atomic E-state index is 12.6. The third-order valence-corrected chi connectivity index (χ3v) is 5.26. The summed E-state index contributed by atoms with van der Waals surface area (Å²) in [5.41, 5.74) is 2.54. The van der Waals surface area contributed by atoms with Gasteiger partial charge in [-0.15, -0.1) is 0 Å². The lowest BCUT2D eigenvalue weighted by Crippen LogP contribution is -2.37. The van der Waals surface area contributed by atoms with Crippen LogP contribution in [0.25, 0.3) is 0 Å². The van der Waals surface area contributed by atoms with Gasteiger partial charge in [0.15, 0.2) is 0 Å². The van der Waals surface area contributed by atoms with E-state index in [4.69, 9.17) is 0 Å². The van der Waals surface area contributed by atoms with Crippen LogP contribution in [0.4, 0.5) is 0 Å². The van der Waals surface area contributed by atoms with Crippen molar-refractivity contribution in [1.29, 1.82) is 0 Å². The second kappa shape index (κ2) is 7.59. The number of hydrogen-bond donors (Lipinski definition) is 2. The third-order valence-electron chi connectivity index (χ3n) is 3.68. The molecule has 6 heteroatoms. The predicted octanol–water partition coefficient (Wildman–Crippen LogP) is 2.46. The van der Waals surface area contributed by atoms with Crippen LogP contribution in [0, 0.1) is 13.8 Å². The molecule has 0 fully saturated rings. The second-order valence-corrected chi connectivity index (χ2v) is 7.52. The van der Waals surface area contributed by atoms with Crippen molar-refractivity contribution >= 4 is 15.9 Å². The van der Waals surface area contributed by atoms with Crippen molar-refractivity contribution in [2.45, 2.75) is 31.7 Å². The Labute approximate surface area is 143 Å². The van der Waals surface area contributed by atoms with Gasteiger partial charge in [-0.05, 0) is 31.0 Å². The minimum absolute atomic E-state index is 0.0826. The summed E-state index contributed by atoms with van der Waals surface area (Å²) < 4.78 is 27.7. The molecule has 0 saturated carbocycles. The Balaban J connectivity index is 2.20. The van der Waals surface area contributed by atoms with E-state index >= 15 is 0 Å². The minimum atomic E-state index is -3.65. The number of sulfonamides is 1. The average Bonchev–Trinajstić information content (AvgIpc) is 2.51. The molecule has 0 heterocycles. The average molecular weight is 346 g/mol. The van der Waals surface area contributed by atoms with Crippen LogP contribution in [-0.4, -0.2) is 20.9 Å². The lowest BCUT2D eigenvalue weighted by molar-refractivity contribution is -0.119. The van der Waals surface area contributed by atoms with Crippen LogP contribution < -0.4 is 10.0 Å². The molecule has 2 aromatic carbocycles. The number of amides is 1. The number of aryl methyl sites for hydroxylation is 2. The Bertz CT molecular complexity index is 817. The Kier molecular flexibility index (Phi) is 5.75. The van der Waals surface area contributed by atoms with Gasteiger partial charge in [0.05, 0.1) is 10.9 Å². The summed E-state index contributed by atoms with van der Waals surface area (Å²) >= 11 is 0. The van der Waals surface area contributed by atoms with E-state index in [-0.39, 0.29) is 17.3 Å². The van der Waals surface area contributed by atoms with Gasteiger partial charge < -0.3 is 5.32 Å². The first-order chi connectivity index (χ1) is 11.3. The molecular formula is C18H22N2O3S. The van der Waals surface area contributed by atoms with Gasteiger partial charge in [0.25, 0.3) is 0 Å². The molecule has 0 radical (unpaired) electrons. The molecular weight excluding hydrogens is 324 g/mol. The minimum Gasteiger partial charge on any atom is -0.348 e. The number of hydrogen-bond acceptors (Lipinski definition) is 3. The Morgan fingerprint density at radius 3 is 2.33 bits per heavy atom. The molecule has 0 spiro atoms. The molecule has 1 atom stereocenters. The molecule has 1 unspecified atom stereocenters. The molecule has 0 bridgehead atoms. The van der Waals surface area contributed by atoms with Crippen molar-refractivity contribution in [3.8, 4) is 0 Å².